The van der Waals surface area contributed by atoms with Gasteiger partial charge in [-0.05, 0) is 31.6 Å². The molecule has 1 fully saturated rings. The summed E-state index contributed by atoms with van der Waals surface area (Å²) < 4.78 is 0. The molecule has 2 heteroatoms. The van der Waals surface area contributed by atoms with Gasteiger partial charge in [0.1, 0.15) is 0 Å². The summed E-state index contributed by atoms with van der Waals surface area (Å²) in [4.78, 5) is 0. The molecule has 0 heterocycles. The molecular weight excluding hydrogens is 160 g/mol. The van der Waals surface area contributed by atoms with Crippen molar-refractivity contribution in [2.24, 2.45) is 17.3 Å². The molecule has 0 aliphatic heterocycles. The van der Waals surface area contributed by atoms with E-state index in [4.69, 9.17) is 10.5 Å². The summed E-state index contributed by atoms with van der Waals surface area (Å²) in [5.41, 5.74) is -0.712. The van der Waals surface area contributed by atoms with Crippen LogP contribution in [0.4, 0.5) is 0 Å². The van der Waals surface area contributed by atoms with Crippen molar-refractivity contribution in [2.75, 3.05) is 0 Å². The van der Waals surface area contributed by atoms with E-state index in [-0.39, 0.29) is 5.92 Å². The van der Waals surface area contributed by atoms with Gasteiger partial charge in [0.15, 0.2) is 5.41 Å². The van der Waals surface area contributed by atoms with Gasteiger partial charge >= 0.3 is 0 Å². The normalized spacial score (nSPS) is 30.5. The molecule has 1 atom stereocenters. The summed E-state index contributed by atoms with van der Waals surface area (Å²) in [7, 11) is 0. The Bertz CT molecular complexity index is 298. The molecule has 0 aromatic carbocycles. The van der Waals surface area contributed by atoms with Crippen LogP contribution in [0.2, 0.25) is 0 Å². The fraction of sp³-hybridized carbons (Fsp3) is 0.636. The third-order valence-corrected chi connectivity index (χ3v) is 3.15. The maximum absolute atomic E-state index is 9.08. The van der Waals surface area contributed by atoms with Crippen molar-refractivity contribution < 1.29 is 0 Å². The molecule has 0 N–H and O–H groups in total. The molecule has 1 saturated carbocycles. The molecule has 66 valence electrons. The summed E-state index contributed by atoms with van der Waals surface area (Å²) in [6.45, 7) is 0. The van der Waals surface area contributed by atoms with Gasteiger partial charge in [0.2, 0.25) is 0 Å². The van der Waals surface area contributed by atoms with Gasteiger partial charge in [0, 0.05) is 5.92 Å². The predicted molar refractivity (Wildman–Crippen MR) is 48.2 cm³/mol. The van der Waals surface area contributed by atoms with E-state index in [1.165, 1.54) is 12.8 Å². The lowest BCUT2D eigenvalue weighted by Crippen LogP contribution is -2.29. The first kappa shape index (κ1) is 8.32. The highest BCUT2D eigenvalue weighted by molar-refractivity contribution is 5.25. The van der Waals surface area contributed by atoms with Crippen molar-refractivity contribution in [1.82, 2.24) is 0 Å². The molecule has 0 amide bonds. The smallest absolute Gasteiger partial charge is 0.150 e. The van der Waals surface area contributed by atoms with Crippen LogP contribution in [0, 0.1) is 39.9 Å². The Kier molecular flexibility index (Phi) is 1.85. The van der Waals surface area contributed by atoms with Crippen LogP contribution >= 0.6 is 0 Å². The summed E-state index contributed by atoms with van der Waals surface area (Å²) >= 11 is 0. The fourth-order valence-electron chi connectivity index (χ4n) is 2.19. The fourth-order valence-corrected chi connectivity index (χ4v) is 2.19. The van der Waals surface area contributed by atoms with Gasteiger partial charge in [0.25, 0.3) is 0 Å². The predicted octanol–water partition coefficient (Wildman–Crippen LogP) is 2.40. The summed E-state index contributed by atoms with van der Waals surface area (Å²) in [6, 6.07) is 4.45. The van der Waals surface area contributed by atoms with E-state index in [0.29, 0.717) is 5.92 Å². The highest BCUT2D eigenvalue weighted by Gasteiger charge is 2.47. The monoisotopic (exact) mass is 172 g/mol. The molecule has 0 radical (unpaired) electrons. The zero-order valence-corrected chi connectivity index (χ0v) is 7.53. The zero-order valence-electron chi connectivity index (χ0n) is 7.53. The van der Waals surface area contributed by atoms with E-state index in [1.54, 1.807) is 0 Å². The van der Waals surface area contributed by atoms with E-state index in [2.05, 4.69) is 24.3 Å². The number of nitrogens with zero attached hydrogens (tertiary/aromatic N) is 2. The lowest BCUT2D eigenvalue weighted by Gasteiger charge is -2.29. The molecule has 2 aliphatic rings. The van der Waals surface area contributed by atoms with Crippen LogP contribution < -0.4 is 0 Å². The molecule has 2 nitrogen and oxygen atoms in total. The van der Waals surface area contributed by atoms with E-state index in [1.807, 2.05) is 0 Å². The summed E-state index contributed by atoms with van der Waals surface area (Å²) in [5.74, 6) is 0.812. The first-order valence-electron chi connectivity index (χ1n) is 4.81. The lowest BCUT2D eigenvalue weighted by molar-refractivity contribution is 0.308. The Morgan fingerprint density at radius 3 is 2.46 bits per heavy atom. The average Bonchev–Trinajstić information content (AvgIpc) is 3.01. The second kappa shape index (κ2) is 2.89. The number of hydrogen-bond donors (Lipinski definition) is 0. The maximum Gasteiger partial charge on any atom is 0.150 e. The minimum Gasteiger partial charge on any atom is -0.197 e. The Morgan fingerprint density at radius 2 is 1.92 bits per heavy atom. The zero-order chi connectivity index (χ0) is 9.31. The van der Waals surface area contributed by atoms with Crippen LogP contribution in [0.5, 0.6) is 0 Å². The van der Waals surface area contributed by atoms with E-state index >= 15 is 0 Å². The maximum atomic E-state index is 9.08. The second-order valence-electron chi connectivity index (χ2n) is 4.03. The number of nitriles is 2. The Balaban J connectivity index is 2.30. The van der Waals surface area contributed by atoms with Crippen molar-refractivity contribution in [3.05, 3.63) is 12.2 Å². The molecule has 1 unspecified atom stereocenters. The minimum atomic E-state index is -0.712. The van der Waals surface area contributed by atoms with Crippen molar-refractivity contribution in [2.45, 2.75) is 25.7 Å². The standard InChI is InChI=1S/C11H12N2/c12-7-11(8-13)6-2-1-3-10(11)9-4-5-9/h1,3,9-10H,2,4-6H2. The third kappa shape index (κ3) is 1.23. The third-order valence-electron chi connectivity index (χ3n) is 3.15. The van der Waals surface area contributed by atoms with E-state index in [9.17, 15) is 0 Å². The van der Waals surface area contributed by atoms with Crippen molar-refractivity contribution >= 4 is 0 Å². The van der Waals surface area contributed by atoms with Gasteiger partial charge in [-0.3, -0.25) is 0 Å². The SMILES string of the molecule is N#CC1(C#N)CCC=CC1C1CC1. The van der Waals surface area contributed by atoms with Crippen LogP contribution in [0.15, 0.2) is 12.2 Å². The van der Waals surface area contributed by atoms with Gasteiger partial charge in [-0.2, -0.15) is 10.5 Å². The molecule has 0 aromatic heterocycles. The molecule has 0 spiro atoms. The number of rotatable bonds is 1. The largest absolute Gasteiger partial charge is 0.197 e. The van der Waals surface area contributed by atoms with Crippen LogP contribution in [-0.2, 0) is 0 Å². The number of hydrogen-bond acceptors (Lipinski definition) is 2. The second-order valence-corrected chi connectivity index (χ2v) is 4.03. The van der Waals surface area contributed by atoms with Gasteiger partial charge < -0.3 is 0 Å². The van der Waals surface area contributed by atoms with Gasteiger partial charge in [-0.25, -0.2) is 0 Å². The average molecular weight is 172 g/mol. The molecule has 0 bridgehead atoms. The first-order valence-corrected chi connectivity index (χ1v) is 4.81. The van der Waals surface area contributed by atoms with Crippen LogP contribution in [0.25, 0.3) is 0 Å². The molecule has 0 saturated heterocycles. The van der Waals surface area contributed by atoms with Crippen molar-refractivity contribution in [1.29, 1.82) is 10.5 Å². The number of allylic oxidation sites excluding steroid dienone is 2. The van der Waals surface area contributed by atoms with E-state index < -0.39 is 5.41 Å². The molecular formula is C11H12N2. The van der Waals surface area contributed by atoms with Gasteiger partial charge in [-0.15, -0.1) is 0 Å². The lowest BCUT2D eigenvalue weighted by atomic mass is 9.69. The Labute approximate surface area is 78.5 Å². The highest BCUT2D eigenvalue weighted by atomic mass is 14.5. The Morgan fingerprint density at radius 1 is 1.23 bits per heavy atom. The first-order chi connectivity index (χ1) is 6.32. The van der Waals surface area contributed by atoms with E-state index in [0.717, 1.165) is 12.8 Å². The summed E-state index contributed by atoms with van der Waals surface area (Å²) in [6.07, 6.45) is 8.20. The van der Waals surface area contributed by atoms with Gasteiger partial charge in [0.05, 0.1) is 12.1 Å². The van der Waals surface area contributed by atoms with Crippen molar-refractivity contribution in [3.63, 3.8) is 0 Å². The van der Waals surface area contributed by atoms with Crippen LogP contribution in [-0.4, -0.2) is 0 Å². The topological polar surface area (TPSA) is 47.6 Å². The van der Waals surface area contributed by atoms with Crippen molar-refractivity contribution in [3.8, 4) is 12.1 Å². The van der Waals surface area contributed by atoms with Crippen LogP contribution in [0.1, 0.15) is 25.7 Å². The summed E-state index contributed by atoms with van der Waals surface area (Å²) in [5, 5.41) is 18.2. The minimum absolute atomic E-state index is 0.205. The van der Waals surface area contributed by atoms with Gasteiger partial charge in [-0.1, -0.05) is 12.2 Å². The highest BCUT2D eigenvalue weighted by Crippen LogP contribution is 2.49. The Hall–Kier alpha value is -1.28. The quantitative estimate of drug-likeness (QED) is 0.570. The molecule has 13 heavy (non-hydrogen) atoms. The molecule has 2 aliphatic carbocycles. The van der Waals surface area contributed by atoms with Crippen LogP contribution in [0.3, 0.4) is 0 Å². The molecule has 0 aromatic rings. The molecule has 2 rings (SSSR count).